The lowest BCUT2D eigenvalue weighted by atomic mass is 10.1. The molecule has 1 aromatic heterocycles. The summed E-state index contributed by atoms with van der Waals surface area (Å²) in [5.41, 5.74) is 0.510. The molecule has 0 radical (unpaired) electrons. The Labute approximate surface area is 63.7 Å². The van der Waals surface area contributed by atoms with E-state index in [4.69, 9.17) is 5.26 Å². The van der Waals surface area contributed by atoms with Gasteiger partial charge in [0, 0.05) is 5.22 Å². The van der Waals surface area contributed by atoms with E-state index in [1.54, 1.807) is 0 Å². The Kier molecular flexibility index (Phi) is 1.26. The first-order valence-electron chi connectivity index (χ1n) is 3.56. The van der Waals surface area contributed by atoms with Crippen molar-refractivity contribution in [1.29, 1.82) is 5.26 Å². The van der Waals surface area contributed by atoms with Crippen molar-refractivity contribution in [3.8, 4) is 6.07 Å². The van der Waals surface area contributed by atoms with Crippen molar-refractivity contribution in [2.45, 2.75) is 12.8 Å². The number of nitrogens with one attached hydrogen (secondary N) is 1. The van der Waals surface area contributed by atoms with Crippen molar-refractivity contribution in [1.82, 2.24) is 10.2 Å². The third-order valence-electron chi connectivity index (χ3n) is 1.80. The fourth-order valence-electron chi connectivity index (χ4n) is 1.27. The number of nitriles is 1. The van der Waals surface area contributed by atoms with Crippen molar-refractivity contribution in [2.75, 3.05) is 0 Å². The summed E-state index contributed by atoms with van der Waals surface area (Å²) >= 11 is 0. The molecule has 2 rings (SSSR count). The molecule has 0 bridgehead atoms. The summed E-state index contributed by atoms with van der Waals surface area (Å²) in [4.78, 5) is 0. The molecule has 0 fully saturated rings. The summed E-state index contributed by atoms with van der Waals surface area (Å²) in [6.45, 7) is 0. The number of aromatic nitrogens is 2. The highest BCUT2D eigenvalue weighted by Gasteiger charge is 2.01. The van der Waals surface area contributed by atoms with Crippen LogP contribution in [-0.4, -0.2) is 10.2 Å². The van der Waals surface area contributed by atoms with Gasteiger partial charge in [0.1, 0.15) is 6.07 Å². The topological polar surface area (TPSA) is 52.5 Å². The average Bonchev–Trinajstić information content (AvgIpc) is 2.47. The molecule has 1 N–H and O–H groups in total. The van der Waals surface area contributed by atoms with Crippen LogP contribution in [-0.2, 0) is 0 Å². The van der Waals surface area contributed by atoms with Gasteiger partial charge in [-0.1, -0.05) is 12.2 Å². The minimum Gasteiger partial charge on any atom is -0.277 e. The molecule has 0 saturated carbocycles. The zero-order chi connectivity index (χ0) is 7.68. The van der Waals surface area contributed by atoms with Crippen LogP contribution in [0, 0.1) is 11.3 Å². The third-order valence-corrected chi connectivity index (χ3v) is 1.80. The summed E-state index contributed by atoms with van der Waals surface area (Å²) < 4.78 is 0. The van der Waals surface area contributed by atoms with Gasteiger partial charge in [0.15, 0.2) is 5.69 Å². The highest BCUT2D eigenvalue weighted by molar-refractivity contribution is 5.40. The quantitative estimate of drug-likeness (QED) is 0.541. The molecule has 11 heavy (non-hydrogen) atoms. The van der Waals surface area contributed by atoms with E-state index >= 15 is 0 Å². The number of nitrogens with zero attached hydrogens (tertiary/aromatic N) is 2. The van der Waals surface area contributed by atoms with Gasteiger partial charge in [-0.3, -0.25) is 5.10 Å². The second kappa shape index (κ2) is 2.24. The van der Waals surface area contributed by atoms with Crippen LogP contribution in [0.3, 0.4) is 0 Å². The van der Waals surface area contributed by atoms with Crippen LogP contribution in [0.25, 0.3) is 12.2 Å². The second-order valence-electron chi connectivity index (χ2n) is 2.50. The van der Waals surface area contributed by atoms with Gasteiger partial charge in [-0.05, 0) is 12.8 Å². The maximum absolute atomic E-state index is 8.62. The molecular weight excluding hydrogens is 138 g/mol. The van der Waals surface area contributed by atoms with Gasteiger partial charge in [0.25, 0.3) is 0 Å². The molecule has 0 amide bonds. The second-order valence-corrected chi connectivity index (χ2v) is 2.50. The fourth-order valence-corrected chi connectivity index (χ4v) is 1.27. The van der Waals surface area contributed by atoms with Crippen molar-refractivity contribution >= 4 is 12.2 Å². The number of fused-ring (bicyclic) bond motifs is 1. The number of rotatable bonds is 0. The first-order valence-corrected chi connectivity index (χ1v) is 3.56. The molecule has 0 atom stereocenters. The van der Waals surface area contributed by atoms with E-state index in [-0.39, 0.29) is 0 Å². The minimum absolute atomic E-state index is 0.510. The van der Waals surface area contributed by atoms with E-state index < -0.39 is 0 Å². The molecule has 54 valence electrons. The summed E-state index contributed by atoms with van der Waals surface area (Å²) in [5.74, 6) is 0. The van der Waals surface area contributed by atoms with Gasteiger partial charge in [-0.2, -0.15) is 10.4 Å². The normalized spacial score (nSPS) is 14.1. The Morgan fingerprint density at radius 1 is 1.45 bits per heavy atom. The smallest absolute Gasteiger partial charge is 0.169 e. The lowest BCUT2D eigenvalue weighted by molar-refractivity contribution is 1.03. The van der Waals surface area contributed by atoms with Crippen molar-refractivity contribution < 1.29 is 0 Å². The largest absolute Gasteiger partial charge is 0.277 e. The Bertz CT molecular complexity index is 419. The lowest BCUT2D eigenvalue weighted by Gasteiger charge is -1.91. The number of H-pyrrole nitrogens is 1. The average molecular weight is 145 g/mol. The molecule has 1 aliphatic carbocycles. The van der Waals surface area contributed by atoms with Gasteiger partial charge >= 0.3 is 0 Å². The monoisotopic (exact) mass is 145 g/mol. The van der Waals surface area contributed by atoms with Crippen molar-refractivity contribution in [3.05, 3.63) is 16.3 Å². The van der Waals surface area contributed by atoms with E-state index in [1.807, 2.05) is 6.07 Å². The fraction of sp³-hybridized carbons (Fsp3) is 0.250. The standard InChI is InChI=1S/C8H7N3/c9-5-8-6-3-1-2-4-7(6)10-11-8/h3-4,10H,1-2H2. The summed E-state index contributed by atoms with van der Waals surface area (Å²) in [5, 5.41) is 17.3. The van der Waals surface area contributed by atoms with Gasteiger partial charge in [-0.15, -0.1) is 0 Å². The molecule has 0 aromatic carbocycles. The number of hydrogen-bond acceptors (Lipinski definition) is 2. The third kappa shape index (κ3) is 0.838. The van der Waals surface area contributed by atoms with Crippen LogP contribution < -0.4 is 10.6 Å². The van der Waals surface area contributed by atoms with Crippen LogP contribution >= 0.6 is 0 Å². The lowest BCUT2D eigenvalue weighted by Crippen LogP contribution is -2.26. The molecule has 1 heterocycles. The Hall–Kier alpha value is -1.56. The summed E-state index contributed by atoms with van der Waals surface area (Å²) in [6.07, 6.45) is 6.18. The van der Waals surface area contributed by atoms with Crippen LogP contribution in [0.15, 0.2) is 0 Å². The zero-order valence-electron chi connectivity index (χ0n) is 5.96. The van der Waals surface area contributed by atoms with Gasteiger partial charge in [-0.25, -0.2) is 0 Å². The molecule has 0 unspecified atom stereocenters. The SMILES string of the molecule is N#Cc1n[nH]c2c1=CCCC=2. The first-order chi connectivity index (χ1) is 5.42. The van der Waals surface area contributed by atoms with Gasteiger partial charge in [0.2, 0.25) is 0 Å². The zero-order valence-corrected chi connectivity index (χ0v) is 5.96. The predicted octanol–water partition coefficient (Wildman–Crippen LogP) is -0.364. The van der Waals surface area contributed by atoms with E-state index in [0.29, 0.717) is 5.69 Å². The molecule has 3 nitrogen and oxygen atoms in total. The van der Waals surface area contributed by atoms with Crippen molar-refractivity contribution in [2.24, 2.45) is 0 Å². The molecule has 0 spiro atoms. The molecule has 0 saturated heterocycles. The van der Waals surface area contributed by atoms with E-state index in [1.165, 1.54) is 0 Å². The highest BCUT2D eigenvalue weighted by atomic mass is 15.1. The Morgan fingerprint density at radius 2 is 2.27 bits per heavy atom. The van der Waals surface area contributed by atoms with Crippen LogP contribution in [0.1, 0.15) is 18.5 Å². The van der Waals surface area contributed by atoms with E-state index in [2.05, 4.69) is 22.3 Å². The Balaban J connectivity index is 2.86. The molecule has 1 aromatic rings. The maximum atomic E-state index is 8.62. The first kappa shape index (κ1) is 6.17. The van der Waals surface area contributed by atoms with Gasteiger partial charge < -0.3 is 0 Å². The van der Waals surface area contributed by atoms with Gasteiger partial charge in [0.05, 0.1) is 5.35 Å². The predicted molar refractivity (Wildman–Crippen MR) is 40.7 cm³/mol. The van der Waals surface area contributed by atoms with Crippen LogP contribution in [0.5, 0.6) is 0 Å². The van der Waals surface area contributed by atoms with E-state index in [9.17, 15) is 0 Å². The number of aromatic amines is 1. The number of hydrogen-bond donors (Lipinski definition) is 1. The maximum Gasteiger partial charge on any atom is 0.169 e. The van der Waals surface area contributed by atoms with E-state index in [0.717, 1.165) is 23.4 Å². The summed E-state index contributed by atoms with van der Waals surface area (Å²) in [6, 6.07) is 2.04. The van der Waals surface area contributed by atoms with Crippen LogP contribution in [0.4, 0.5) is 0 Å². The van der Waals surface area contributed by atoms with Crippen molar-refractivity contribution in [3.63, 3.8) is 0 Å². The molecule has 3 heteroatoms. The minimum atomic E-state index is 0.510. The molecule has 1 aliphatic rings. The summed E-state index contributed by atoms with van der Waals surface area (Å²) in [7, 11) is 0. The highest BCUT2D eigenvalue weighted by Crippen LogP contribution is 1.94. The van der Waals surface area contributed by atoms with Crippen LogP contribution in [0.2, 0.25) is 0 Å². The molecular formula is C8H7N3. The Morgan fingerprint density at radius 3 is 3.09 bits per heavy atom. The molecule has 0 aliphatic heterocycles.